The van der Waals surface area contributed by atoms with Crippen LogP contribution in [0.4, 0.5) is 0 Å². The first-order chi connectivity index (χ1) is 14.5. The third-order valence-electron chi connectivity index (χ3n) is 4.62. The van der Waals surface area contributed by atoms with Crippen molar-refractivity contribution >= 4 is 22.7 Å². The van der Waals surface area contributed by atoms with Gasteiger partial charge < -0.3 is 14.6 Å². The largest absolute Gasteiger partial charge is 0.504 e. The average Bonchev–Trinajstić information content (AvgIpc) is 2.77. The lowest BCUT2D eigenvalue weighted by molar-refractivity contribution is -0.143. The number of ketones is 1. The van der Waals surface area contributed by atoms with Crippen molar-refractivity contribution in [2.45, 2.75) is 19.8 Å². The quantitative estimate of drug-likeness (QED) is 0.468. The maximum absolute atomic E-state index is 12.6. The van der Waals surface area contributed by atoms with Gasteiger partial charge in [-0.25, -0.2) is 4.98 Å². The molecule has 1 aromatic heterocycles. The maximum Gasteiger partial charge on any atom is 0.306 e. The average molecular weight is 404 g/mol. The van der Waals surface area contributed by atoms with Crippen molar-refractivity contribution in [2.75, 3.05) is 13.7 Å². The smallest absolute Gasteiger partial charge is 0.306 e. The van der Waals surface area contributed by atoms with Crippen LogP contribution in [0.15, 0.2) is 42.5 Å². The number of nitriles is 1. The molecule has 1 heterocycles. The zero-order valence-electron chi connectivity index (χ0n) is 16.6. The van der Waals surface area contributed by atoms with Gasteiger partial charge in [-0.05, 0) is 36.2 Å². The highest BCUT2D eigenvalue weighted by atomic mass is 16.5. The molecule has 0 radical (unpaired) electrons. The lowest BCUT2D eigenvalue weighted by atomic mass is 9.99. The summed E-state index contributed by atoms with van der Waals surface area (Å²) in [6.07, 6.45) is -0.298. The van der Waals surface area contributed by atoms with Crippen molar-refractivity contribution in [3.05, 3.63) is 53.7 Å². The minimum absolute atomic E-state index is 0.0271. The third-order valence-corrected chi connectivity index (χ3v) is 4.62. The number of nitrogens with zero attached hydrogens (tertiary/aromatic N) is 2. The fourth-order valence-electron chi connectivity index (χ4n) is 3.09. The molecule has 7 nitrogen and oxygen atoms in total. The molecule has 7 heteroatoms. The number of ether oxygens (including phenoxy) is 2. The minimum atomic E-state index is -0.534. The number of hydrogen-bond donors (Lipinski definition) is 1. The van der Waals surface area contributed by atoms with Gasteiger partial charge in [-0.2, -0.15) is 5.26 Å². The molecular weight excluding hydrogens is 384 g/mol. The summed E-state index contributed by atoms with van der Waals surface area (Å²) >= 11 is 0. The molecular formula is C23H20N2O5. The van der Waals surface area contributed by atoms with Crippen LogP contribution in [0.3, 0.4) is 0 Å². The van der Waals surface area contributed by atoms with E-state index in [1.165, 1.54) is 0 Å². The zero-order chi connectivity index (χ0) is 21.7. The fraction of sp³-hybridized carbons (Fsp3) is 0.217. The molecule has 30 heavy (non-hydrogen) atoms. The summed E-state index contributed by atoms with van der Waals surface area (Å²) in [5.41, 5.74) is 1.88. The highest BCUT2D eigenvalue weighted by molar-refractivity contribution is 6.03. The van der Waals surface area contributed by atoms with Crippen molar-refractivity contribution in [3.63, 3.8) is 0 Å². The Morgan fingerprint density at radius 2 is 1.80 bits per heavy atom. The van der Waals surface area contributed by atoms with Crippen LogP contribution in [0.2, 0.25) is 0 Å². The lowest BCUT2D eigenvalue weighted by Gasteiger charge is -2.10. The second-order valence-electron chi connectivity index (χ2n) is 6.48. The molecule has 152 valence electrons. The number of hydrogen-bond acceptors (Lipinski definition) is 7. The Morgan fingerprint density at radius 1 is 1.10 bits per heavy atom. The number of methoxy groups -OCH3 is 1. The third kappa shape index (κ3) is 4.23. The molecule has 2 aromatic carbocycles. The number of fused-ring (bicyclic) bond motifs is 1. The first kappa shape index (κ1) is 20.8. The van der Waals surface area contributed by atoms with E-state index in [4.69, 9.17) is 9.47 Å². The molecule has 0 amide bonds. The maximum atomic E-state index is 12.6. The van der Waals surface area contributed by atoms with Gasteiger partial charge in [0, 0.05) is 11.8 Å². The van der Waals surface area contributed by atoms with E-state index in [0.29, 0.717) is 10.9 Å². The summed E-state index contributed by atoms with van der Waals surface area (Å²) in [5, 5.41) is 20.4. The van der Waals surface area contributed by atoms with Crippen LogP contribution in [-0.4, -0.2) is 35.6 Å². The van der Waals surface area contributed by atoms with Crippen molar-refractivity contribution < 1.29 is 24.2 Å². The summed E-state index contributed by atoms with van der Waals surface area (Å²) in [5.74, 6) is -0.790. The van der Waals surface area contributed by atoms with Crippen LogP contribution in [0.1, 0.15) is 35.8 Å². The summed E-state index contributed by atoms with van der Waals surface area (Å²) in [4.78, 5) is 28.4. The number of pyridine rings is 1. The standard InChI is InChI=1S/C23H20N2O5/c1-3-30-21(27)11-10-20(26)22-23(28)18(13-24)17-9-6-15(12-19(17)25-22)14-4-7-16(29-2)8-5-14/h4-9,12,28H,3,10-11H2,1-2H3. The molecule has 1 N–H and O–H groups in total. The first-order valence-corrected chi connectivity index (χ1v) is 9.38. The fourth-order valence-corrected chi connectivity index (χ4v) is 3.09. The Hall–Kier alpha value is -3.92. The van der Waals surface area contributed by atoms with Crippen LogP contribution in [0.25, 0.3) is 22.0 Å². The number of Topliss-reactive ketones (excluding diaryl/α,β-unsaturated/α-hetero) is 1. The van der Waals surface area contributed by atoms with Crippen LogP contribution in [0.5, 0.6) is 11.5 Å². The lowest BCUT2D eigenvalue weighted by Crippen LogP contribution is -2.10. The molecule has 0 unspecified atom stereocenters. The molecule has 0 aliphatic rings. The minimum Gasteiger partial charge on any atom is -0.504 e. The van der Waals surface area contributed by atoms with Gasteiger partial charge in [-0.3, -0.25) is 9.59 Å². The molecule has 0 atom stereocenters. The summed E-state index contributed by atoms with van der Waals surface area (Å²) in [7, 11) is 1.59. The van der Waals surface area contributed by atoms with Gasteiger partial charge in [0.1, 0.15) is 23.1 Å². The van der Waals surface area contributed by atoms with Crippen LogP contribution in [-0.2, 0) is 9.53 Å². The highest BCUT2D eigenvalue weighted by Crippen LogP contribution is 2.32. The van der Waals surface area contributed by atoms with Crippen LogP contribution >= 0.6 is 0 Å². The molecule has 0 aliphatic carbocycles. The number of rotatable bonds is 7. The molecule has 0 spiro atoms. The number of carbonyl (C=O) groups is 2. The molecule has 3 rings (SSSR count). The van der Waals surface area contributed by atoms with Crippen LogP contribution < -0.4 is 4.74 Å². The van der Waals surface area contributed by atoms with Crippen LogP contribution in [0, 0.1) is 11.3 Å². The van der Waals surface area contributed by atoms with Crippen molar-refractivity contribution in [1.82, 2.24) is 4.98 Å². The molecule has 0 saturated carbocycles. The number of aromatic nitrogens is 1. The summed E-state index contributed by atoms with van der Waals surface area (Å²) in [6, 6.07) is 14.6. The van der Waals surface area contributed by atoms with Crippen molar-refractivity contribution in [1.29, 1.82) is 5.26 Å². The second kappa shape index (κ2) is 9.05. The van der Waals surface area contributed by atoms with E-state index in [2.05, 4.69) is 4.98 Å². The topological polar surface area (TPSA) is 110 Å². The van der Waals surface area contributed by atoms with Gasteiger partial charge in [0.2, 0.25) is 0 Å². The molecule has 0 bridgehead atoms. The predicted octanol–water partition coefficient (Wildman–Crippen LogP) is 4.01. The molecule has 0 fully saturated rings. The zero-order valence-corrected chi connectivity index (χ0v) is 16.6. The number of benzene rings is 2. The van der Waals surface area contributed by atoms with Crippen molar-refractivity contribution in [2.24, 2.45) is 0 Å². The summed E-state index contributed by atoms with van der Waals surface area (Å²) in [6.45, 7) is 1.90. The van der Waals surface area contributed by atoms with E-state index in [1.54, 1.807) is 26.2 Å². The first-order valence-electron chi connectivity index (χ1n) is 9.38. The van der Waals surface area contributed by atoms with E-state index < -0.39 is 17.5 Å². The predicted molar refractivity (Wildman–Crippen MR) is 110 cm³/mol. The number of carbonyl (C=O) groups excluding carboxylic acids is 2. The molecule has 0 saturated heterocycles. The Bertz CT molecular complexity index is 1150. The Balaban J connectivity index is 2.01. The van der Waals surface area contributed by atoms with Gasteiger partial charge in [0.05, 0.1) is 25.7 Å². The number of aromatic hydroxyl groups is 1. The van der Waals surface area contributed by atoms with E-state index in [0.717, 1.165) is 16.9 Å². The van der Waals surface area contributed by atoms with E-state index in [9.17, 15) is 20.0 Å². The highest BCUT2D eigenvalue weighted by Gasteiger charge is 2.21. The SMILES string of the molecule is CCOC(=O)CCC(=O)c1nc2cc(-c3ccc(OC)cc3)ccc2c(C#N)c1O. The van der Waals surface area contributed by atoms with Gasteiger partial charge in [-0.1, -0.05) is 24.3 Å². The van der Waals surface area contributed by atoms with E-state index in [1.807, 2.05) is 36.4 Å². The Morgan fingerprint density at radius 3 is 2.43 bits per heavy atom. The Labute approximate surface area is 173 Å². The van der Waals surface area contributed by atoms with Gasteiger partial charge in [-0.15, -0.1) is 0 Å². The normalized spacial score (nSPS) is 10.4. The van der Waals surface area contributed by atoms with E-state index in [-0.39, 0.29) is 30.7 Å². The van der Waals surface area contributed by atoms with Gasteiger partial charge in [0.15, 0.2) is 11.5 Å². The Kier molecular flexibility index (Phi) is 6.28. The van der Waals surface area contributed by atoms with Gasteiger partial charge in [0.25, 0.3) is 0 Å². The molecule has 0 aliphatic heterocycles. The second-order valence-corrected chi connectivity index (χ2v) is 6.48. The van der Waals surface area contributed by atoms with E-state index >= 15 is 0 Å². The number of esters is 1. The monoisotopic (exact) mass is 404 g/mol. The summed E-state index contributed by atoms with van der Waals surface area (Å²) < 4.78 is 9.99. The van der Waals surface area contributed by atoms with Crippen molar-refractivity contribution in [3.8, 4) is 28.7 Å². The van der Waals surface area contributed by atoms with Gasteiger partial charge >= 0.3 is 5.97 Å². The molecule has 3 aromatic rings.